The first-order valence-corrected chi connectivity index (χ1v) is 7.92. The minimum atomic E-state index is -0.485. The van der Waals surface area contributed by atoms with E-state index in [1.165, 1.54) is 37.7 Å². The minimum Gasteiger partial charge on any atom is -0.493 e. The van der Waals surface area contributed by atoms with Crippen LogP contribution < -0.4 is 14.8 Å². The average molecular weight is 359 g/mol. The zero-order valence-electron chi connectivity index (χ0n) is 13.3. The van der Waals surface area contributed by atoms with Gasteiger partial charge in [-0.05, 0) is 24.3 Å². The summed E-state index contributed by atoms with van der Waals surface area (Å²) in [5, 5.41) is 13.9. The second-order valence-corrected chi connectivity index (χ2v) is 5.98. The number of nitrogens with zero attached hydrogens (tertiary/aromatic N) is 2. The van der Waals surface area contributed by atoms with E-state index in [0.29, 0.717) is 27.7 Å². The average Bonchev–Trinajstić information content (AvgIpc) is 3.02. The summed E-state index contributed by atoms with van der Waals surface area (Å²) in [6.45, 7) is 0. The Morgan fingerprint density at radius 3 is 2.60 bits per heavy atom. The number of rotatable bonds is 5. The van der Waals surface area contributed by atoms with E-state index in [1.54, 1.807) is 24.3 Å². The van der Waals surface area contributed by atoms with Gasteiger partial charge in [0.2, 0.25) is 0 Å². The third-order valence-corrected chi connectivity index (χ3v) is 4.40. The van der Waals surface area contributed by atoms with Crippen molar-refractivity contribution in [2.24, 2.45) is 0 Å². The van der Waals surface area contributed by atoms with Crippen LogP contribution in [-0.2, 0) is 0 Å². The van der Waals surface area contributed by atoms with E-state index in [2.05, 4.69) is 10.3 Å². The van der Waals surface area contributed by atoms with Crippen molar-refractivity contribution in [3.05, 3.63) is 52.1 Å². The number of benzene rings is 2. The molecule has 8 nitrogen and oxygen atoms in total. The largest absolute Gasteiger partial charge is 0.493 e. The van der Waals surface area contributed by atoms with Crippen molar-refractivity contribution in [1.29, 1.82) is 0 Å². The Morgan fingerprint density at radius 2 is 1.92 bits per heavy atom. The number of aromatic nitrogens is 1. The Kier molecular flexibility index (Phi) is 4.48. The molecule has 3 aromatic rings. The highest BCUT2D eigenvalue weighted by Crippen LogP contribution is 2.30. The van der Waals surface area contributed by atoms with Gasteiger partial charge in [-0.25, -0.2) is 4.98 Å². The summed E-state index contributed by atoms with van der Waals surface area (Å²) >= 11 is 1.24. The number of hydrogen-bond donors (Lipinski definition) is 1. The third kappa shape index (κ3) is 3.36. The Bertz CT molecular complexity index is 970. The molecule has 0 aliphatic carbocycles. The lowest BCUT2D eigenvalue weighted by Gasteiger charge is -2.09. The van der Waals surface area contributed by atoms with E-state index in [9.17, 15) is 14.9 Å². The van der Waals surface area contributed by atoms with E-state index < -0.39 is 4.92 Å². The lowest BCUT2D eigenvalue weighted by Crippen LogP contribution is -2.11. The van der Waals surface area contributed by atoms with Crippen LogP contribution in [0.4, 0.5) is 10.8 Å². The van der Waals surface area contributed by atoms with Gasteiger partial charge in [-0.15, -0.1) is 0 Å². The second-order valence-electron chi connectivity index (χ2n) is 4.95. The number of methoxy groups -OCH3 is 2. The van der Waals surface area contributed by atoms with Gasteiger partial charge in [0.15, 0.2) is 16.6 Å². The van der Waals surface area contributed by atoms with Crippen molar-refractivity contribution in [2.45, 2.75) is 0 Å². The molecule has 1 heterocycles. The number of thiazole rings is 1. The molecule has 2 aromatic carbocycles. The maximum Gasteiger partial charge on any atom is 0.271 e. The third-order valence-electron chi connectivity index (χ3n) is 3.45. The molecule has 0 radical (unpaired) electrons. The quantitative estimate of drug-likeness (QED) is 0.552. The highest BCUT2D eigenvalue weighted by Gasteiger charge is 2.14. The number of ether oxygens (including phenoxy) is 2. The molecule has 128 valence electrons. The van der Waals surface area contributed by atoms with Gasteiger partial charge in [0, 0.05) is 17.7 Å². The number of nitro groups is 1. The Balaban J connectivity index is 1.85. The molecule has 0 aliphatic heterocycles. The Morgan fingerprint density at radius 1 is 1.16 bits per heavy atom. The molecule has 0 spiro atoms. The standard InChI is InChI=1S/C16H13N3O5S/c1-23-12-5-3-9(7-13(12)24-2)15(20)18-16-17-11-8-10(19(21)22)4-6-14(11)25-16/h3-8H,1-2H3,(H,17,18,20). The van der Waals surface area contributed by atoms with Crippen LogP contribution in [0.1, 0.15) is 10.4 Å². The van der Waals surface area contributed by atoms with Crippen molar-refractivity contribution in [1.82, 2.24) is 4.98 Å². The molecule has 0 fully saturated rings. The van der Waals surface area contributed by atoms with Crippen LogP contribution >= 0.6 is 11.3 Å². The van der Waals surface area contributed by atoms with Gasteiger partial charge in [-0.2, -0.15) is 0 Å². The summed E-state index contributed by atoms with van der Waals surface area (Å²) in [5.41, 5.74) is 0.792. The monoisotopic (exact) mass is 359 g/mol. The number of fused-ring (bicyclic) bond motifs is 1. The SMILES string of the molecule is COc1ccc(C(=O)Nc2nc3cc([N+](=O)[O-])ccc3s2)cc1OC. The molecule has 25 heavy (non-hydrogen) atoms. The lowest BCUT2D eigenvalue weighted by molar-refractivity contribution is -0.384. The van der Waals surface area contributed by atoms with Crippen LogP contribution in [-0.4, -0.2) is 30.0 Å². The molecule has 0 saturated carbocycles. The van der Waals surface area contributed by atoms with Crippen LogP contribution in [0, 0.1) is 10.1 Å². The molecule has 0 bridgehead atoms. The van der Waals surface area contributed by atoms with Gasteiger partial charge in [-0.1, -0.05) is 11.3 Å². The Hall–Kier alpha value is -3.20. The number of nitro benzene ring substituents is 1. The number of non-ortho nitro benzene ring substituents is 1. The molecule has 0 atom stereocenters. The predicted octanol–water partition coefficient (Wildman–Crippen LogP) is 3.47. The number of carbonyl (C=O) groups is 1. The highest BCUT2D eigenvalue weighted by molar-refractivity contribution is 7.22. The lowest BCUT2D eigenvalue weighted by atomic mass is 10.2. The van der Waals surface area contributed by atoms with E-state index in [0.717, 1.165) is 4.70 Å². The van der Waals surface area contributed by atoms with E-state index in [1.807, 2.05) is 0 Å². The van der Waals surface area contributed by atoms with Crippen LogP contribution in [0.15, 0.2) is 36.4 Å². The molecule has 1 amide bonds. The number of carbonyl (C=O) groups excluding carboxylic acids is 1. The topological polar surface area (TPSA) is 104 Å². The van der Waals surface area contributed by atoms with Crippen LogP contribution in [0.25, 0.3) is 10.2 Å². The number of hydrogen-bond acceptors (Lipinski definition) is 7. The smallest absolute Gasteiger partial charge is 0.271 e. The van der Waals surface area contributed by atoms with E-state index in [4.69, 9.17) is 9.47 Å². The Labute approximate surface area is 146 Å². The van der Waals surface area contributed by atoms with Gasteiger partial charge in [0.1, 0.15) is 0 Å². The molecule has 1 N–H and O–H groups in total. The first kappa shape index (κ1) is 16.7. The zero-order valence-corrected chi connectivity index (χ0v) is 14.1. The summed E-state index contributed by atoms with van der Waals surface area (Å²) in [7, 11) is 3.00. The molecule has 1 aromatic heterocycles. The summed E-state index contributed by atoms with van der Waals surface area (Å²) in [4.78, 5) is 26.9. The van der Waals surface area contributed by atoms with Gasteiger partial charge < -0.3 is 9.47 Å². The highest BCUT2D eigenvalue weighted by atomic mass is 32.1. The van der Waals surface area contributed by atoms with Crippen molar-refractivity contribution in [2.75, 3.05) is 19.5 Å². The predicted molar refractivity (Wildman–Crippen MR) is 93.8 cm³/mol. The van der Waals surface area contributed by atoms with Gasteiger partial charge in [0.05, 0.1) is 29.4 Å². The van der Waals surface area contributed by atoms with Crippen LogP contribution in [0.3, 0.4) is 0 Å². The fourth-order valence-corrected chi connectivity index (χ4v) is 3.07. The summed E-state index contributed by atoms with van der Waals surface area (Å²) in [5.74, 6) is 0.593. The van der Waals surface area contributed by atoms with Crippen LogP contribution in [0.5, 0.6) is 11.5 Å². The molecular formula is C16H13N3O5S. The molecular weight excluding hydrogens is 346 g/mol. The number of anilines is 1. The van der Waals surface area contributed by atoms with Gasteiger partial charge in [-0.3, -0.25) is 20.2 Å². The van der Waals surface area contributed by atoms with Crippen molar-refractivity contribution in [3.63, 3.8) is 0 Å². The van der Waals surface area contributed by atoms with Gasteiger partial charge >= 0.3 is 0 Å². The van der Waals surface area contributed by atoms with E-state index >= 15 is 0 Å². The number of nitrogens with one attached hydrogen (secondary N) is 1. The van der Waals surface area contributed by atoms with E-state index in [-0.39, 0.29) is 11.6 Å². The first-order valence-electron chi connectivity index (χ1n) is 7.10. The molecule has 0 aliphatic rings. The maximum absolute atomic E-state index is 12.4. The minimum absolute atomic E-state index is 0.0458. The van der Waals surface area contributed by atoms with Crippen LogP contribution in [0.2, 0.25) is 0 Å². The number of amides is 1. The summed E-state index contributed by atoms with van der Waals surface area (Å²) in [6, 6.07) is 9.19. The molecule has 9 heteroatoms. The second kappa shape index (κ2) is 6.73. The molecule has 0 unspecified atom stereocenters. The normalized spacial score (nSPS) is 10.5. The van der Waals surface area contributed by atoms with Crippen molar-refractivity contribution < 1.29 is 19.2 Å². The first-order chi connectivity index (χ1) is 12.0. The summed E-state index contributed by atoms with van der Waals surface area (Å²) in [6.07, 6.45) is 0. The molecule has 3 rings (SSSR count). The summed E-state index contributed by atoms with van der Waals surface area (Å²) < 4.78 is 11.1. The zero-order chi connectivity index (χ0) is 18.0. The molecule has 0 saturated heterocycles. The van der Waals surface area contributed by atoms with Gasteiger partial charge in [0.25, 0.3) is 11.6 Å². The fourth-order valence-electron chi connectivity index (χ4n) is 2.23. The van der Waals surface area contributed by atoms with Crippen molar-refractivity contribution >= 4 is 38.3 Å². The maximum atomic E-state index is 12.4. The fraction of sp³-hybridized carbons (Fsp3) is 0.125. The van der Waals surface area contributed by atoms with Crippen molar-refractivity contribution in [3.8, 4) is 11.5 Å².